The second-order valence-electron chi connectivity index (χ2n) is 8.21. The Kier molecular flexibility index (Phi) is 8.13. The van der Waals surface area contributed by atoms with Crippen molar-refractivity contribution in [2.45, 2.75) is 32.5 Å². The number of fused-ring (bicyclic) bond motifs is 1. The molecule has 3 heterocycles. The van der Waals surface area contributed by atoms with E-state index in [2.05, 4.69) is 34.6 Å². The van der Waals surface area contributed by atoms with Gasteiger partial charge >= 0.3 is 5.97 Å². The van der Waals surface area contributed by atoms with Gasteiger partial charge in [-0.25, -0.2) is 4.79 Å². The molecule has 1 aliphatic rings. The van der Waals surface area contributed by atoms with E-state index in [9.17, 15) is 19.5 Å². The highest BCUT2D eigenvalue weighted by Crippen LogP contribution is 2.35. The molecule has 0 radical (unpaired) electrons. The van der Waals surface area contributed by atoms with Gasteiger partial charge in [0.05, 0.1) is 20.5 Å². The lowest BCUT2D eigenvalue weighted by molar-refractivity contribution is -0.139. The topological polar surface area (TPSA) is 98.7 Å². The first-order valence-electron chi connectivity index (χ1n) is 10.9. The molecular formula is C24H23Cl2N3O4S2. The summed E-state index contributed by atoms with van der Waals surface area (Å²) in [6, 6.07) is 7.97. The van der Waals surface area contributed by atoms with E-state index in [1.165, 1.54) is 21.1 Å². The number of halogens is 2. The number of hydrogen-bond donors (Lipinski definition) is 3. The Balaban J connectivity index is 1.45. The van der Waals surface area contributed by atoms with Crippen molar-refractivity contribution in [2.24, 2.45) is 0 Å². The summed E-state index contributed by atoms with van der Waals surface area (Å²) in [6.07, 6.45) is 0.648. The van der Waals surface area contributed by atoms with Gasteiger partial charge in [0, 0.05) is 35.9 Å². The highest BCUT2D eigenvalue weighted by Gasteiger charge is 2.28. The molecule has 2 amide bonds. The minimum Gasteiger partial charge on any atom is -0.480 e. The third kappa shape index (κ3) is 6.05. The van der Waals surface area contributed by atoms with Crippen molar-refractivity contribution in [3.63, 3.8) is 0 Å². The first-order valence-corrected chi connectivity index (χ1v) is 13.3. The monoisotopic (exact) mass is 551 g/mol. The van der Waals surface area contributed by atoms with Crippen LogP contribution in [-0.2, 0) is 24.3 Å². The number of carboxylic acid groups (broad SMARTS) is 1. The highest BCUT2D eigenvalue weighted by atomic mass is 35.5. The van der Waals surface area contributed by atoms with Crippen LogP contribution in [0.25, 0.3) is 0 Å². The second kappa shape index (κ2) is 11.1. The van der Waals surface area contributed by atoms with Crippen molar-refractivity contribution in [1.29, 1.82) is 0 Å². The van der Waals surface area contributed by atoms with Crippen LogP contribution in [0.4, 0.5) is 0 Å². The summed E-state index contributed by atoms with van der Waals surface area (Å²) in [6.45, 7) is 4.05. The molecule has 1 aromatic carbocycles. The number of hydrogen-bond acceptors (Lipinski definition) is 6. The number of nitrogens with zero attached hydrogens (tertiary/aromatic N) is 1. The molecule has 4 rings (SSSR count). The smallest absolute Gasteiger partial charge is 0.328 e. The number of carboxylic acids is 1. The van der Waals surface area contributed by atoms with Crippen LogP contribution in [0.3, 0.4) is 0 Å². The van der Waals surface area contributed by atoms with Crippen LogP contribution in [0.15, 0.2) is 35.7 Å². The van der Waals surface area contributed by atoms with E-state index < -0.39 is 23.8 Å². The van der Waals surface area contributed by atoms with E-state index in [1.54, 1.807) is 34.9 Å². The van der Waals surface area contributed by atoms with Crippen LogP contribution in [0.5, 0.6) is 0 Å². The Morgan fingerprint density at radius 2 is 2.00 bits per heavy atom. The van der Waals surface area contributed by atoms with Crippen molar-refractivity contribution in [3.8, 4) is 0 Å². The summed E-state index contributed by atoms with van der Waals surface area (Å²) in [7, 11) is 0. The van der Waals surface area contributed by atoms with Gasteiger partial charge in [0.2, 0.25) is 0 Å². The molecule has 7 nitrogen and oxygen atoms in total. The first kappa shape index (κ1) is 25.7. The number of benzene rings is 1. The second-order valence-corrected chi connectivity index (χ2v) is 11.3. The zero-order valence-electron chi connectivity index (χ0n) is 18.8. The van der Waals surface area contributed by atoms with Crippen molar-refractivity contribution in [1.82, 2.24) is 15.5 Å². The minimum atomic E-state index is -1.35. The number of rotatable bonds is 8. The molecule has 0 aliphatic carbocycles. The molecule has 0 spiro atoms. The van der Waals surface area contributed by atoms with Crippen molar-refractivity contribution >= 4 is 63.7 Å². The van der Waals surface area contributed by atoms with E-state index >= 15 is 0 Å². The highest BCUT2D eigenvalue weighted by molar-refractivity contribution is 7.12. The van der Waals surface area contributed by atoms with Gasteiger partial charge < -0.3 is 15.7 Å². The minimum absolute atomic E-state index is 0.0465. The fourth-order valence-electron chi connectivity index (χ4n) is 3.96. The number of carbonyl (C=O) groups excluding carboxylic acids is 2. The van der Waals surface area contributed by atoms with E-state index in [0.29, 0.717) is 17.8 Å². The predicted molar refractivity (Wildman–Crippen MR) is 139 cm³/mol. The molecule has 3 N–H and O–H groups in total. The number of amides is 2. The zero-order valence-corrected chi connectivity index (χ0v) is 21.9. The molecular weight excluding hydrogens is 529 g/mol. The lowest BCUT2D eigenvalue weighted by Gasteiger charge is -2.30. The summed E-state index contributed by atoms with van der Waals surface area (Å²) in [5, 5.41) is 16.7. The van der Waals surface area contributed by atoms with Gasteiger partial charge in [-0.15, -0.1) is 22.7 Å². The molecule has 1 aliphatic heterocycles. The van der Waals surface area contributed by atoms with Crippen molar-refractivity contribution < 1.29 is 19.5 Å². The van der Waals surface area contributed by atoms with Gasteiger partial charge in [-0.3, -0.25) is 14.5 Å². The summed E-state index contributed by atoms with van der Waals surface area (Å²) < 4.78 is 0. The molecule has 35 heavy (non-hydrogen) atoms. The normalized spacial score (nSPS) is 14.3. The van der Waals surface area contributed by atoms with E-state index in [4.69, 9.17) is 23.2 Å². The van der Waals surface area contributed by atoms with Crippen LogP contribution in [0.1, 0.15) is 40.9 Å². The maximum absolute atomic E-state index is 13.0. The molecule has 2 aromatic heterocycles. The lowest BCUT2D eigenvalue weighted by Crippen LogP contribution is -2.48. The summed E-state index contributed by atoms with van der Waals surface area (Å²) in [5.41, 5.74) is 1.84. The molecule has 0 unspecified atom stereocenters. The summed E-state index contributed by atoms with van der Waals surface area (Å²) in [5.74, 6) is -2.39. The molecule has 184 valence electrons. The zero-order chi connectivity index (χ0) is 25.1. The number of carbonyl (C=O) groups is 3. The Hall–Kier alpha value is -2.43. The quantitative estimate of drug-likeness (QED) is 0.380. The summed E-state index contributed by atoms with van der Waals surface area (Å²) >= 11 is 16.1. The van der Waals surface area contributed by atoms with E-state index in [0.717, 1.165) is 24.2 Å². The van der Waals surface area contributed by atoms with E-state index in [-0.39, 0.29) is 22.2 Å². The maximum atomic E-state index is 13.0. The van der Waals surface area contributed by atoms with Crippen LogP contribution < -0.4 is 10.6 Å². The molecule has 1 atom stereocenters. The Labute approximate surface area is 220 Å². The molecule has 0 bridgehead atoms. The number of thiophene rings is 2. The fraction of sp³-hybridized carbons (Fsp3) is 0.292. The summed E-state index contributed by atoms with van der Waals surface area (Å²) in [4.78, 5) is 42.2. The van der Waals surface area contributed by atoms with Gasteiger partial charge in [-0.1, -0.05) is 29.3 Å². The van der Waals surface area contributed by atoms with Gasteiger partial charge in [-0.2, -0.15) is 0 Å². The van der Waals surface area contributed by atoms with Crippen LogP contribution in [0, 0.1) is 6.92 Å². The van der Waals surface area contributed by atoms with Gasteiger partial charge in [0.1, 0.15) is 6.04 Å². The SMILES string of the molecule is Cc1ccc(CN2CCc3c(cc(Cl)c(C(=O)N[C@@H](CNC(=O)c4cccs4)C(=O)O)c3Cl)C2)s1. The molecule has 11 heteroatoms. The third-order valence-electron chi connectivity index (χ3n) is 5.70. The van der Waals surface area contributed by atoms with Crippen molar-refractivity contribution in [3.05, 3.63) is 77.1 Å². The Bertz CT molecular complexity index is 1260. The van der Waals surface area contributed by atoms with Gasteiger partial charge in [0.25, 0.3) is 11.8 Å². The lowest BCUT2D eigenvalue weighted by atomic mass is 9.96. The van der Waals surface area contributed by atoms with Crippen LogP contribution in [0.2, 0.25) is 10.0 Å². The number of aryl methyl sites for hydroxylation is 1. The molecule has 3 aromatic rings. The first-order chi connectivity index (χ1) is 16.7. The number of aliphatic carboxylic acids is 1. The molecule has 0 fully saturated rings. The third-order valence-corrected chi connectivity index (χ3v) is 8.27. The average molecular weight is 553 g/mol. The number of nitrogens with one attached hydrogen (secondary N) is 2. The molecule has 0 saturated heterocycles. The van der Waals surface area contributed by atoms with Gasteiger partial charge in [-0.05, 0) is 54.1 Å². The fourth-order valence-corrected chi connectivity index (χ4v) is 6.30. The Morgan fingerprint density at radius 3 is 2.66 bits per heavy atom. The largest absolute Gasteiger partial charge is 0.480 e. The van der Waals surface area contributed by atoms with Crippen molar-refractivity contribution in [2.75, 3.05) is 13.1 Å². The van der Waals surface area contributed by atoms with Crippen LogP contribution >= 0.6 is 45.9 Å². The molecule has 0 saturated carbocycles. The van der Waals surface area contributed by atoms with Crippen LogP contribution in [-0.4, -0.2) is 46.9 Å². The van der Waals surface area contributed by atoms with Gasteiger partial charge in [0.15, 0.2) is 0 Å². The standard InChI is InChI=1S/C24H23Cl2N3O4S2/c1-13-4-5-15(35-13)12-29-7-6-16-14(11-29)9-17(25)20(21(16)26)23(31)28-18(24(32)33)10-27-22(30)19-3-2-8-34-19/h2-5,8-9,18H,6-7,10-12H2,1H3,(H,27,30)(H,28,31)(H,32,33)/t18-/m0/s1. The van der Waals surface area contributed by atoms with E-state index in [1.807, 2.05) is 0 Å². The average Bonchev–Trinajstić information content (AvgIpc) is 3.48. The maximum Gasteiger partial charge on any atom is 0.328 e. The predicted octanol–water partition coefficient (Wildman–Crippen LogP) is 4.60. The Morgan fingerprint density at radius 1 is 1.20 bits per heavy atom.